The van der Waals surface area contributed by atoms with Crippen molar-refractivity contribution in [2.45, 2.75) is 31.4 Å². The van der Waals surface area contributed by atoms with Gasteiger partial charge in [-0.25, -0.2) is 4.79 Å². The van der Waals surface area contributed by atoms with Gasteiger partial charge in [0.2, 0.25) is 0 Å². The number of hydrogen-bond donors (Lipinski definition) is 1. The molecule has 0 radical (unpaired) electrons. The number of nitrogens with zero attached hydrogens (tertiary/aromatic N) is 3. The third-order valence-corrected chi connectivity index (χ3v) is 5.76. The second-order valence-corrected chi connectivity index (χ2v) is 7.83. The zero-order valence-electron chi connectivity index (χ0n) is 18.1. The molecule has 2 fully saturated rings. The van der Waals surface area contributed by atoms with Crippen LogP contribution >= 0.6 is 0 Å². The zero-order valence-corrected chi connectivity index (χ0v) is 18.1. The van der Waals surface area contributed by atoms with Crippen LogP contribution in [0.15, 0.2) is 24.3 Å². The topological polar surface area (TPSA) is 104 Å². The highest BCUT2D eigenvalue weighted by Crippen LogP contribution is 2.22. The molecule has 168 valence electrons. The number of likely N-dealkylation sites (tertiary alicyclic amines) is 1. The van der Waals surface area contributed by atoms with E-state index in [-0.39, 0.29) is 6.42 Å². The normalized spacial score (nSPS) is 22.4. The second kappa shape index (κ2) is 10.5. The molecule has 0 aliphatic carbocycles. The summed E-state index contributed by atoms with van der Waals surface area (Å²) in [5, 5.41) is 12.6. The van der Waals surface area contributed by atoms with Gasteiger partial charge in [-0.1, -0.05) is 19.1 Å². The molecule has 9 heteroatoms. The van der Waals surface area contributed by atoms with Gasteiger partial charge in [-0.05, 0) is 30.7 Å². The van der Waals surface area contributed by atoms with Gasteiger partial charge in [-0.3, -0.25) is 4.79 Å². The third kappa shape index (κ3) is 5.87. The first kappa shape index (κ1) is 22.8. The van der Waals surface area contributed by atoms with Gasteiger partial charge in [0.1, 0.15) is 11.3 Å². The number of rotatable bonds is 7. The number of likely N-dealkylation sites (N-methyl/N-ethyl adjacent to an activating group) is 1. The molecular weight excluding hydrogens is 400 g/mol. The van der Waals surface area contributed by atoms with Crippen LogP contribution in [0.1, 0.15) is 18.9 Å². The first-order valence-electron chi connectivity index (χ1n) is 10.6. The van der Waals surface area contributed by atoms with Crippen molar-refractivity contribution >= 4 is 12.0 Å². The maximum absolute atomic E-state index is 13.2. The Labute approximate surface area is 182 Å². The number of carbonyl (C=O) groups is 2. The summed E-state index contributed by atoms with van der Waals surface area (Å²) in [4.78, 5) is 29.5. The van der Waals surface area contributed by atoms with Crippen molar-refractivity contribution in [3.8, 4) is 11.8 Å². The predicted molar refractivity (Wildman–Crippen MR) is 113 cm³/mol. The molecule has 0 aromatic heterocycles. The minimum Gasteiger partial charge on any atom is -0.497 e. The Bertz CT molecular complexity index is 803. The highest BCUT2D eigenvalue weighted by atomic mass is 16.6. The van der Waals surface area contributed by atoms with Crippen LogP contribution in [0.4, 0.5) is 4.79 Å². The van der Waals surface area contributed by atoms with Crippen molar-refractivity contribution in [1.82, 2.24) is 15.1 Å². The first-order chi connectivity index (χ1) is 15.0. The summed E-state index contributed by atoms with van der Waals surface area (Å²) < 4.78 is 16.1. The molecule has 3 rings (SSSR count). The van der Waals surface area contributed by atoms with Crippen molar-refractivity contribution in [3.05, 3.63) is 29.8 Å². The summed E-state index contributed by atoms with van der Waals surface area (Å²) in [6.45, 7) is 5.74. The molecule has 2 atom stereocenters. The van der Waals surface area contributed by atoms with E-state index >= 15 is 0 Å². The van der Waals surface area contributed by atoms with E-state index in [2.05, 4.69) is 16.3 Å². The number of ether oxygens (including phenoxy) is 3. The van der Waals surface area contributed by atoms with Crippen molar-refractivity contribution in [1.29, 1.82) is 5.26 Å². The maximum atomic E-state index is 13.2. The minimum atomic E-state index is -1.05. The number of morpholine rings is 1. The summed E-state index contributed by atoms with van der Waals surface area (Å²) in [6.07, 6.45) is -0.866. The lowest BCUT2D eigenvalue weighted by molar-refractivity contribution is -0.131. The Morgan fingerprint density at radius 3 is 2.55 bits per heavy atom. The molecule has 2 saturated heterocycles. The summed E-state index contributed by atoms with van der Waals surface area (Å²) in [6, 6.07) is 9.51. The Hall–Kier alpha value is -2.83. The molecule has 1 aromatic rings. The fourth-order valence-electron chi connectivity index (χ4n) is 3.80. The van der Waals surface area contributed by atoms with E-state index in [0.29, 0.717) is 45.0 Å². The molecule has 2 unspecified atom stereocenters. The standard InChI is InChI=1S/C22H30N4O5/c1-3-25-9-8-22(15-23,16-25)24-20(27)19(14-17-4-6-18(29-2)7-5-17)31-21(28)26-10-12-30-13-11-26/h4-7,19H,3,8-14,16H2,1-2H3,(H,24,27). The van der Waals surface area contributed by atoms with Gasteiger partial charge in [-0.2, -0.15) is 5.26 Å². The number of hydrogen-bond acceptors (Lipinski definition) is 7. The van der Waals surface area contributed by atoms with E-state index in [0.717, 1.165) is 18.7 Å². The molecule has 0 bridgehead atoms. The maximum Gasteiger partial charge on any atom is 0.410 e. The summed E-state index contributed by atoms with van der Waals surface area (Å²) in [7, 11) is 1.58. The van der Waals surface area contributed by atoms with Crippen LogP contribution in [0.3, 0.4) is 0 Å². The molecule has 2 amide bonds. The fraction of sp³-hybridized carbons (Fsp3) is 0.591. The number of methoxy groups -OCH3 is 1. The summed E-state index contributed by atoms with van der Waals surface area (Å²) >= 11 is 0. The Morgan fingerprint density at radius 2 is 1.97 bits per heavy atom. The van der Waals surface area contributed by atoms with E-state index in [1.165, 1.54) is 4.90 Å². The molecule has 0 spiro atoms. The lowest BCUT2D eigenvalue weighted by Crippen LogP contribution is -2.54. The minimum absolute atomic E-state index is 0.199. The molecule has 0 saturated carbocycles. The van der Waals surface area contributed by atoms with E-state index in [4.69, 9.17) is 14.2 Å². The molecular formula is C22H30N4O5. The van der Waals surface area contributed by atoms with Gasteiger partial charge in [0.15, 0.2) is 6.10 Å². The molecule has 1 aromatic carbocycles. The molecule has 2 aliphatic rings. The lowest BCUT2D eigenvalue weighted by Gasteiger charge is -2.30. The number of benzene rings is 1. The van der Waals surface area contributed by atoms with Gasteiger partial charge in [0.25, 0.3) is 5.91 Å². The van der Waals surface area contributed by atoms with Crippen LogP contribution in [-0.4, -0.2) is 86.5 Å². The van der Waals surface area contributed by atoms with Crippen LogP contribution in [0.5, 0.6) is 5.75 Å². The highest BCUT2D eigenvalue weighted by Gasteiger charge is 2.41. The lowest BCUT2D eigenvalue weighted by atomic mass is 9.99. The van der Waals surface area contributed by atoms with Gasteiger partial charge >= 0.3 is 6.09 Å². The molecule has 1 N–H and O–H groups in total. The Balaban J connectivity index is 1.74. The van der Waals surface area contributed by atoms with Gasteiger partial charge in [0, 0.05) is 32.6 Å². The van der Waals surface area contributed by atoms with Crippen molar-refractivity contribution < 1.29 is 23.8 Å². The van der Waals surface area contributed by atoms with Crippen molar-refractivity contribution in [3.63, 3.8) is 0 Å². The predicted octanol–water partition coefficient (Wildman–Crippen LogP) is 1.18. The molecule has 2 heterocycles. The van der Waals surface area contributed by atoms with E-state index < -0.39 is 23.6 Å². The van der Waals surface area contributed by atoms with E-state index in [1.807, 2.05) is 19.1 Å². The van der Waals surface area contributed by atoms with Crippen LogP contribution in [-0.2, 0) is 20.7 Å². The number of amides is 2. The van der Waals surface area contributed by atoms with Crippen LogP contribution in [0, 0.1) is 11.3 Å². The van der Waals surface area contributed by atoms with Crippen LogP contribution in [0.2, 0.25) is 0 Å². The van der Waals surface area contributed by atoms with Crippen molar-refractivity contribution in [2.24, 2.45) is 0 Å². The number of carbonyl (C=O) groups excluding carboxylic acids is 2. The quantitative estimate of drug-likeness (QED) is 0.693. The van der Waals surface area contributed by atoms with Crippen LogP contribution in [0.25, 0.3) is 0 Å². The zero-order chi connectivity index (χ0) is 22.3. The average molecular weight is 431 g/mol. The first-order valence-corrected chi connectivity index (χ1v) is 10.6. The third-order valence-electron chi connectivity index (χ3n) is 5.76. The van der Waals surface area contributed by atoms with Crippen molar-refractivity contribution in [2.75, 3.05) is 53.0 Å². The number of nitriles is 1. The average Bonchev–Trinajstić information content (AvgIpc) is 3.23. The van der Waals surface area contributed by atoms with Gasteiger partial charge < -0.3 is 29.3 Å². The van der Waals surface area contributed by atoms with E-state index in [1.54, 1.807) is 19.2 Å². The van der Waals surface area contributed by atoms with E-state index in [9.17, 15) is 14.9 Å². The van der Waals surface area contributed by atoms with Gasteiger partial charge in [0.05, 0.1) is 26.4 Å². The number of nitrogens with one attached hydrogen (secondary N) is 1. The van der Waals surface area contributed by atoms with Gasteiger partial charge in [-0.15, -0.1) is 0 Å². The Morgan fingerprint density at radius 1 is 1.26 bits per heavy atom. The monoisotopic (exact) mass is 430 g/mol. The SMILES string of the molecule is CCN1CCC(C#N)(NC(=O)C(Cc2ccc(OC)cc2)OC(=O)N2CCOCC2)C1. The smallest absolute Gasteiger partial charge is 0.410 e. The highest BCUT2D eigenvalue weighted by molar-refractivity contribution is 5.85. The largest absolute Gasteiger partial charge is 0.497 e. The Kier molecular flexibility index (Phi) is 7.71. The fourth-order valence-corrected chi connectivity index (χ4v) is 3.80. The summed E-state index contributed by atoms with van der Waals surface area (Å²) in [5.74, 6) is 0.237. The molecule has 31 heavy (non-hydrogen) atoms. The summed E-state index contributed by atoms with van der Waals surface area (Å²) in [5.41, 5.74) is -0.153. The molecule has 2 aliphatic heterocycles. The molecule has 9 nitrogen and oxygen atoms in total. The van der Waals surface area contributed by atoms with Crippen LogP contribution < -0.4 is 10.1 Å². The second-order valence-electron chi connectivity index (χ2n) is 7.83.